The lowest BCUT2D eigenvalue weighted by Crippen LogP contribution is -2.54. The highest BCUT2D eigenvalue weighted by Crippen LogP contribution is 2.47. The van der Waals surface area contributed by atoms with Gasteiger partial charge in [-0.1, -0.05) is 6.58 Å². The molecule has 0 aliphatic carbocycles. The van der Waals surface area contributed by atoms with Crippen molar-refractivity contribution in [2.45, 2.75) is 24.6 Å². The first-order chi connectivity index (χ1) is 8.37. The second-order valence-corrected chi connectivity index (χ2v) is 3.32. The van der Waals surface area contributed by atoms with Crippen molar-refractivity contribution in [3.63, 3.8) is 0 Å². The van der Waals surface area contributed by atoms with Crippen LogP contribution in [0.1, 0.15) is 6.42 Å². The number of halogens is 7. The van der Waals surface area contributed by atoms with Crippen molar-refractivity contribution >= 4 is 5.97 Å². The highest BCUT2D eigenvalue weighted by Gasteiger charge is 2.76. The Kier molecular flexibility index (Phi) is 5.36. The monoisotopic (exact) mass is 298 g/mol. The molecule has 0 heterocycles. The Morgan fingerprint density at radius 2 is 1.58 bits per heavy atom. The second-order valence-electron chi connectivity index (χ2n) is 3.32. The minimum absolute atomic E-state index is 0.171. The van der Waals surface area contributed by atoms with Crippen molar-refractivity contribution in [3.05, 3.63) is 12.2 Å². The summed E-state index contributed by atoms with van der Waals surface area (Å²) in [4.78, 5) is 10.9. The highest BCUT2D eigenvalue weighted by molar-refractivity contribution is 5.87. The quantitative estimate of drug-likeness (QED) is 0.430. The molecule has 0 saturated heterocycles. The van der Waals surface area contributed by atoms with Gasteiger partial charge in [0.2, 0.25) is 0 Å². The van der Waals surface area contributed by atoms with Gasteiger partial charge in [-0.15, -0.1) is 0 Å². The molecule has 0 radical (unpaired) electrons. The van der Waals surface area contributed by atoms with Crippen molar-refractivity contribution < 1.29 is 45.0 Å². The van der Waals surface area contributed by atoms with Gasteiger partial charge in [-0.05, 0) is 0 Å². The number of esters is 1. The maximum absolute atomic E-state index is 12.6. The topological polar surface area (TPSA) is 35.5 Å². The van der Waals surface area contributed by atoms with Crippen LogP contribution in [0.4, 0.5) is 30.7 Å². The third kappa shape index (κ3) is 4.08. The number of carbonyl (C=O) groups is 1. The van der Waals surface area contributed by atoms with Gasteiger partial charge >= 0.3 is 24.2 Å². The molecule has 0 bridgehead atoms. The molecular formula is C9H9F7O3. The molecule has 112 valence electrons. The molecular weight excluding hydrogens is 289 g/mol. The van der Waals surface area contributed by atoms with Crippen LogP contribution >= 0.6 is 0 Å². The van der Waals surface area contributed by atoms with E-state index in [0.717, 1.165) is 0 Å². The minimum atomic E-state index is -6.56. The Bertz CT molecular complexity index is 348. The van der Waals surface area contributed by atoms with Gasteiger partial charge in [0.1, 0.15) is 0 Å². The number of methoxy groups -OCH3 is 1. The Labute approximate surface area is 103 Å². The number of ether oxygens (including phenoxy) is 2. The summed E-state index contributed by atoms with van der Waals surface area (Å²) in [5, 5.41) is 0. The predicted octanol–water partition coefficient (Wildman–Crippen LogP) is 2.91. The normalized spacial score (nSPS) is 13.3. The van der Waals surface area contributed by atoms with Gasteiger partial charge in [0, 0.05) is 19.1 Å². The van der Waals surface area contributed by atoms with E-state index in [4.69, 9.17) is 0 Å². The van der Waals surface area contributed by atoms with Crippen molar-refractivity contribution in [3.8, 4) is 0 Å². The maximum atomic E-state index is 12.6. The lowest BCUT2D eigenvalue weighted by atomic mass is 10.2. The van der Waals surface area contributed by atoms with Crippen LogP contribution in [-0.4, -0.2) is 37.9 Å². The lowest BCUT2D eigenvalue weighted by Gasteiger charge is -2.27. The zero-order valence-corrected chi connectivity index (χ0v) is 9.49. The number of rotatable bonds is 6. The third-order valence-corrected chi connectivity index (χ3v) is 1.84. The fraction of sp³-hybridized carbons (Fsp3) is 0.667. The molecule has 0 aromatic rings. The van der Waals surface area contributed by atoms with E-state index in [1.165, 1.54) is 7.11 Å². The summed E-state index contributed by atoms with van der Waals surface area (Å²) in [6, 6.07) is 0. The van der Waals surface area contributed by atoms with Crippen LogP contribution < -0.4 is 0 Å². The highest BCUT2D eigenvalue weighted by atomic mass is 19.4. The van der Waals surface area contributed by atoms with Gasteiger partial charge in [0.15, 0.2) is 0 Å². The van der Waals surface area contributed by atoms with E-state index in [9.17, 15) is 35.5 Å². The van der Waals surface area contributed by atoms with E-state index < -0.39 is 29.7 Å². The van der Waals surface area contributed by atoms with Crippen LogP contribution in [0.2, 0.25) is 0 Å². The largest absolute Gasteiger partial charge is 0.476 e. The van der Waals surface area contributed by atoms with Crippen molar-refractivity contribution in [2.75, 3.05) is 13.7 Å². The van der Waals surface area contributed by atoms with E-state index in [1.807, 2.05) is 0 Å². The summed E-state index contributed by atoms with van der Waals surface area (Å²) in [6.07, 6.45) is -13.0. The summed E-state index contributed by atoms with van der Waals surface area (Å²) in [5.41, 5.74) is -0.723. The van der Waals surface area contributed by atoms with Crippen LogP contribution in [0.15, 0.2) is 12.2 Å². The van der Waals surface area contributed by atoms with E-state index in [2.05, 4.69) is 16.1 Å². The Balaban J connectivity index is 4.87. The molecule has 19 heavy (non-hydrogen) atoms. The molecule has 0 saturated carbocycles. The molecule has 0 aromatic carbocycles. The van der Waals surface area contributed by atoms with E-state index in [1.54, 1.807) is 0 Å². The van der Waals surface area contributed by atoms with Gasteiger partial charge in [0.05, 0.1) is 6.61 Å². The molecule has 0 aromatic heterocycles. The van der Waals surface area contributed by atoms with E-state index in [-0.39, 0.29) is 13.0 Å². The van der Waals surface area contributed by atoms with Crippen molar-refractivity contribution in [2.24, 2.45) is 0 Å². The van der Waals surface area contributed by atoms with Crippen molar-refractivity contribution in [1.82, 2.24) is 0 Å². The molecule has 3 nitrogen and oxygen atoms in total. The molecule has 0 aliphatic heterocycles. The summed E-state index contributed by atoms with van der Waals surface area (Å²) < 4.78 is 92.5. The Morgan fingerprint density at radius 1 is 1.11 bits per heavy atom. The van der Waals surface area contributed by atoms with Crippen LogP contribution in [-0.2, 0) is 14.3 Å². The number of hydrogen-bond donors (Lipinski definition) is 0. The van der Waals surface area contributed by atoms with Gasteiger partial charge < -0.3 is 9.47 Å². The molecule has 0 rings (SSSR count). The SMILES string of the molecule is C=C(CCOC)C(=O)OC(F)(F)C(F)(F)C(F)(F)F. The zero-order valence-electron chi connectivity index (χ0n) is 9.49. The Morgan fingerprint density at radius 3 is 1.95 bits per heavy atom. The zero-order chi connectivity index (χ0) is 15.5. The first-order valence-electron chi connectivity index (χ1n) is 4.59. The van der Waals surface area contributed by atoms with Crippen molar-refractivity contribution in [1.29, 1.82) is 0 Å². The average molecular weight is 298 g/mol. The smallest absolute Gasteiger partial charge is 0.392 e. The summed E-state index contributed by atoms with van der Waals surface area (Å²) in [6.45, 7) is 2.74. The first-order valence-corrected chi connectivity index (χ1v) is 4.59. The maximum Gasteiger partial charge on any atom is 0.476 e. The van der Waals surface area contributed by atoms with Gasteiger partial charge in [-0.3, -0.25) is 0 Å². The molecule has 0 unspecified atom stereocenters. The summed E-state index contributed by atoms with van der Waals surface area (Å²) in [5.74, 6) is -8.57. The third-order valence-electron chi connectivity index (χ3n) is 1.84. The second kappa shape index (κ2) is 5.76. The molecule has 0 atom stereocenters. The summed E-state index contributed by atoms with van der Waals surface area (Å²) in [7, 11) is 1.19. The molecule has 0 aliphatic rings. The number of carbonyl (C=O) groups excluding carboxylic acids is 1. The minimum Gasteiger partial charge on any atom is -0.392 e. The predicted molar refractivity (Wildman–Crippen MR) is 47.7 cm³/mol. The van der Waals surface area contributed by atoms with E-state index in [0.29, 0.717) is 0 Å². The van der Waals surface area contributed by atoms with Crippen LogP contribution in [0.25, 0.3) is 0 Å². The van der Waals surface area contributed by atoms with Gasteiger partial charge in [0.25, 0.3) is 0 Å². The fourth-order valence-corrected chi connectivity index (χ4v) is 0.745. The van der Waals surface area contributed by atoms with Crippen LogP contribution in [0, 0.1) is 0 Å². The fourth-order valence-electron chi connectivity index (χ4n) is 0.745. The molecule has 0 fully saturated rings. The van der Waals surface area contributed by atoms with Gasteiger partial charge in [-0.25, -0.2) is 4.79 Å². The molecule has 10 heteroatoms. The number of alkyl halides is 7. The Hall–Kier alpha value is -1.32. The lowest BCUT2D eigenvalue weighted by molar-refractivity contribution is -0.411. The average Bonchev–Trinajstić information content (AvgIpc) is 2.23. The first kappa shape index (κ1) is 17.7. The van der Waals surface area contributed by atoms with Crippen LogP contribution in [0.5, 0.6) is 0 Å². The summed E-state index contributed by atoms with van der Waals surface area (Å²) >= 11 is 0. The molecule has 0 spiro atoms. The molecule has 0 amide bonds. The molecule has 0 N–H and O–H groups in total. The standard InChI is InChI=1S/C9H9F7O3/c1-5(3-4-18-2)6(17)19-9(15,16)7(10,11)8(12,13)14/h1,3-4H2,2H3. The number of hydrogen-bond acceptors (Lipinski definition) is 3. The van der Waals surface area contributed by atoms with Crippen LogP contribution in [0.3, 0.4) is 0 Å². The van der Waals surface area contributed by atoms with E-state index >= 15 is 0 Å². The van der Waals surface area contributed by atoms with Gasteiger partial charge in [-0.2, -0.15) is 30.7 Å².